The minimum Gasteiger partial charge on any atom is -0.383 e. The molecule has 0 aromatic carbocycles. The Kier molecular flexibility index (Phi) is 10.8. The van der Waals surface area contributed by atoms with Crippen LogP contribution in [0.2, 0.25) is 0 Å². The summed E-state index contributed by atoms with van der Waals surface area (Å²) in [6.45, 7) is 9.18. The number of halogens is 1. The van der Waals surface area contributed by atoms with Crippen molar-refractivity contribution in [2.24, 2.45) is 15.9 Å². The number of fused-ring (bicyclic) bond motifs is 1. The molecule has 240 valence electrons. The van der Waals surface area contributed by atoms with Crippen LogP contribution in [0.25, 0.3) is 10.4 Å². The number of phosphoric ester groups is 1. The van der Waals surface area contributed by atoms with Gasteiger partial charge in [0.05, 0.1) is 19.8 Å². The number of anilines is 1. The summed E-state index contributed by atoms with van der Waals surface area (Å²) in [6.07, 6.45) is -4.65. The molecule has 2 aliphatic rings. The summed E-state index contributed by atoms with van der Waals surface area (Å²) in [4.78, 5) is 43.0. The number of nitrogens with zero attached hydrogens (tertiary/aromatic N) is 5. The number of hydrogen-bond donors (Lipinski definition) is 2. The van der Waals surface area contributed by atoms with E-state index in [0.29, 0.717) is 0 Å². The van der Waals surface area contributed by atoms with Crippen LogP contribution in [0.1, 0.15) is 47.8 Å². The molecule has 0 spiro atoms. The Morgan fingerprint density at radius 1 is 1.21 bits per heavy atom. The highest BCUT2D eigenvalue weighted by Crippen LogP contribution is 2.69. The van der Waals surface area contributed by atoms with Gasteiger partial charge in [0.15, 0.2) is 28.2 Å². The molecule has 0 bridgehead atoms. The first-order chi connectivity index (χ1) is 19.8. The molecule has 1 saturated heterocycles. The predicted octanol–water partition coefficient (Wildman–Crippen LogP) is 3.62. The monoisotopic (exact) mass is 666 g/mol. The van der Waals surface area contributed by atoms with Gasteiger partial charge in [0.2, 0.25) is 0 Å². The average molecular weight is 667 g/mol. The van der Waals surface area contributed by atoms with Crippen molar-refractivity contribution in [2.75, 3.05) is 37.0 Å². The van der Waals surface area contributed by atoms with Gasteiger partial charge in [0.25, 0.3) is 0 Å². The fourth-order valence-electron chi connectivity index (χ4n) is 4.10. The summed E-state index contributed by atoms with van der Waals surface area (Å²) in [7, 11) is -4.61. The molecular weight excluding hydrogens is 630 g/mol. The highest BCUT2D eigenvalue weighted by molar-refractivity contribution is 8.14. The summed E-state index contributed by atoms with van der Waals surface area (Å²) < 4.78 is 52.5. The number of phosphoric acid groups is 1. The summed E-state index contributed by atoms with van der Waals surface area (Å²) >= 11 is 1.88. The van der Waals surface area contributed by atoms with Crippen LogP contribution in [0, 0.1) is 10.8 Å². The van der Waals surface area contributed by atoms with E-state index >= 15 is 4.39 Å². The summed E-state index contributed by atoms with van der Waals surface area (Å²) in [5.41, 5.74) is 7.58. The molecule has 2 heterocycles. The van der Waals surface area contributed by atoms with Crippen LogP contribution < -0.4 is 11.4 Å². The Hall–Kier alpha value is -2.01. The fraction of sp³-hybridized carbons (Fsp3) is 0.750. The Balaban J connectivity index is 1.80. The van der Waals surface area contributed by atoms with Gasteiger partial charge in [-0.2, -0.15) is 4.98 Å². The molecule has 0 amide bonds. The topological polar surface area (TPSA) is 218 Å². The molecule has 1 unspecified atom stereocenters. The smallest absolute Gasteiger partial charge is 0.383 e. The largest absolute Gasteiger partial charge is 0.475 e. The maximum atomic E-state index is 15.8. The molecule has 0 radical (unpaired) electrons. The number of alkyl halides is 1. The second kappa shape index (κ2) is 13.2. The van der Waals surface area contributed by atoms with E-state index in [4.69, 9.17) is 29.6 Å². The van der Waals surface area contributed by atoms with Gasteiger partial charge in [0, 0.05) is 33.4 Å². The molecule has 3 rings (SSSR count). The molecule has 1 saturated carbocycles. The molecule has 3 N–H and O–H groups in total. The second-order valence-corrected chi connectivity index (χ2v) is 15.7. The zero-order valence-electron chi connectivity index (χ0n) is 24.6. The van der Waals surface area contributed by atoms with Gasteiger partial charge < -0.3 is 15.6 Å². The van der Waals surface area contributed by atoms with Gasteiger partial charge in [-0.15, -0.1) is 0 Å². The fourth-order valence-corrected chi connectivity index (χ4v) is 7.33. The maximum absolute atomic E-state index is 15.8. The second-order valence-electron chi connectivity index (χ2n) is 11.9. The SMILES string of the molecule is CC(C)(C)C(=O)SCCOP(=O)(OCCSC(=O)C(C)(C)C)OC1[C@@]2(CN=[N+]=[N-])O[C@@H](n3ccc(N)nc3=O)[C@H](F)[C@@]12O. The molecule has 1 aromatic rings. The number of aromatic nitrogens is 2. The number of carbonyl (C=O) groups excluding carboxylic acids is 2. The van der Waals surface area contributed by atoms with Crippen LogP contribution in [0.5, 0.6) is 0 Å². The number of ether oxygens (including phenoxy) is 1. The van der Waals surface area contributed by atoms with Crippen molar-refractivity contribution in [1.29, 1.82) is 0 Å². The molecule has 1 aliphatic carbocycles. The summed E-state index contributed by atoms with van der Waals surface area (Å²) in [6, 6.07) is 1.22. The maximum Gasteiger partial charge on any atom is 0.475 e. The highest BCUT2D eigenvalue weighted by atomic mass is 32.2. The van der Waals surface area contributed by atoms with Crippen LogP contribution in [-0.2, 0) is 32.5 Å². The number of azide groups is 1. The minimum atomic E-state index is -4.61. The highest BCUT2D eigenvalue weighted by Gasteiger charge is 2.90. The minimum absolute atomic E-state index is 0.0697. The summed E-state index contributed by atoms with van der Waals surface area (Å²) in [5, 5.41) is 14.5. The molecule has 2 fully saturated rings. The molecular formula is C24H36FN6O9PS2. The molecule has 15 nitrogen and oxygen atoms in total. The van der Waals surface area contributed by atoms with Gasteiger partial charge in [-0.25, -0.2) is 13.8 Å². The van der Waals surface area contributed by atoms with Crippen molar-refractivity contribution in [3.05, 3.63) is 33.2 Å². The number of aliphatic hydroxyl groups is 1. The molecule has 1 aromatic heterocycles. The Morgan fingerprint density at radius 3 is 2.21 bits per heavy atom. The Bertz CT molecular complexity index is 1340. The first-order valence-corrected chi connectivity index (χ1v) is 16.6. The number of hydrogen-bond acceptors (Lipinski definition) is 14. The van der Waals surface area contributed by atoms with E-state index in [1.165, 1.54) is 6.07 Å². The van der Waals surface area contributed by atoms with Gasteiger partial charge >= 0.3 is 13.5 Å². The first-order valence-electron chi connectivity index (χ1n) is 13.1. The zero-order chi connectivity index (χ0) is 32.4. The lowest BCUT2D eigenvalue weighted by atomic mass is 9.99. The van der Waals surface area contributed by atoms with Gasteiger partial charge in [-0.05, 0) is 11.6 Å². The number of nitrogens with two attached hydrogens (primary N) is 1. The third-order valence-electron chi connectivity index (χ3n) is 6.51. The Morgan fingerprint density at radius 2 is 1.74 bits per heavy atom. The molecule has 19 heteroatoms. The van der Waals surface area contributed by atoms with Crippen molar-refractivity contribution in [2.45, 2.75) is 71.2 Å². The lowest BCUT2D eigenvalue weighted by Gasteiger charge is -2.25. The van der Waals surface area contributed by atoms with Crippen LogP contribution in [0.3, 0.4) is 0 Å². The van der Waals surface area contributed by atoms with Crippen LogP contribution >= 0.6 is 31.3 Å². The summed E-state index contributed by atoms with van der Waals surface area (Å²) in [5.74, 6) is 0.0176. The number of carbonyl (C=O) groups is 2. The molecule has 5 atom stereocenters. The van der Waals surface area contributed by atoms with Crippen molar-refractivity contribution in [1.82, 2.24) is 9.55 Å². The van der Waals surface area contributed by atoms with E-state index in [-0.39, 0.29) is 40.8 Å². The van der Waals surface area contributed by atoms with E-state index < -0.39 is 60.6 Å². The number of nitrogen functional groups attached to an aromatic ring is 1. The van der Waals surface area contributed by atoms with Crippen molar-refractivity contribution < 1.29 is 42.0 Å². The van der Waals surface area contributed by atoms with E-state index in [1.807, 2.05) is 0 Å². The predicted molar refractivity (Wildman–Crippen MR) is 158 cm³/mol. The normalized spacial score (nSPS) is 26.9. The van der Waals surface area contributed by atoms with Crippen molar-refractivity contribution in [3.8, 4) is 0 Å². The van der Waals surface area contributed by atoms with Gasteiger partial charge in [-0.3, -0.25) is 27.7 Å². The standard InChI is InChI=1S/C24H36FN6O9PS2/c1-21(2,3)18(32)42-11-9-37-41(36,38-10-12-43-19(33)22(4,5)6)40-17-23(13-28-30-27)24(17,35)15(25)16(39-23)31-8-7-14(26)29-20(31)34/h7-8,15-17,35H,9-13H2,1-6H3,(H2,26,29,34)/t15-,16+,17?,23+,24+/m0/s1. The quantitative estimate of drug-likeness (QED) is 0.101. The third-order valence-corrected chi connectivity index (χ3v) is 10.5. The van der Waals surface area contributed by atoms with Gasteiger partial charge in [0.1, 0.15) is 17.5 Å². The lowest BCUT2D eigenvalue weighted by molar-refractivity contribution is -0.118. The van der Waals surface area contributed by atoms with Crippen LogP contribution in [-0.4, -0.2) is 79.6 Å². The van der Waals surface area contributed by atoms with Crippen molar-refractivity contribution in [3.63, 3.8) is 0 Å². The number of thioether (sulfide) groups is 2. The van der Waals surface area contributed by atoms with E-state index in [0.717, 1.165) is 34.3 Å². The van der Waals surface area contributed by atoms with Crippen LogP contribution in [0.4, 0.5) is 10.2 Å². The molecule has 1 aliphatic heterocycles. The molecule has 43 heavy (non-hydrogen) atoms. The van der Waals surface area contributed by atoms with E-state index in [2.05, 4.69) is 15.0 Å². The van der Waals surface area contributed by atoms with Crippen molar-refractivity contribution >= 4 is 47.4 Å². The van der Waals surface area contributed by atoms with Gasteiger partial charge in [-0.1, -0.05) is 70.2 Å². The van der Waals surface area contributed by atoms with E-state index in [9.17, 15) is 24.1 Å². The third kappa shape index (κ3) is 7.63. The Labute approximate surface area is 256 Å². The van der Waals surface area contributed by atoms with Crippen LogP contribution in [0.15, 0.2) is 22.2 Å². The lowest BCUT2D eigenvalue weighted by Crippen LogP contribution is -2.38. The first kappa shape index (κ1) is 35.5. The number of rotatable bonds is 13. The zero-order valence-corrected chi connectivity index (χ0v) is 27.1. The van der Waals surface area contributed by atoms with E-state index in [1.54, 1.807) is 41.5 Å². The average Bonchev–Trinajstić information content (AvgIpc) is 3.29.